The van der Waals surface area contributed by atoms with Crippen LogP contribution in [-0.2, 0) is 4.79 Å². The molecular weight excluding hydrogens is 224 g/mol. The van der Waals surface area contributed by atoms with Gasteiger partial charge in [0.05, 0.1) is 6.20 Å². The molecule has 0 spiro atoms. The fourth-order valence-corrected chi connectivity index (χ4v) is 1.86. The molecule has 1 aromatic rings. The maximum Gasteiger partial charge on any atom is 0.259 e. The average Bonchev–Trinajstić information content (AvgIpc) is 2.74. The zero-order valence-electron chi connectivity index (χ0n) is 9.47. The molecule has 3 N–H and O–H groups in total. The van der Waals surface area contributed by atoms with Crippen LogP contribution in [0.3, 0.4) is 0 Å². The van der Waals surface area contributed by atoms with Gasteiger partial charge in [-0.2, -0.15) is 0 Å². The standard InChI is InChI=1S/C10H14N4O3/c1-6-7(4-13-17-6)10(16)14-3-2-12-5-8(14)9(11)15/h4,8,12H,2-3,5H2,1H3,(H2,11,15). The van der Waals surface area contributed by atoms with E-state index in [1.54, 1.807) is 6.92 Å². The molecule has 1 saturated heterocycles. The van der Waals surface area contributed by atoms with E-state index in [-0.39, 0.29) is 5.91 Å². The summed E-state index contributed by atoms with van der Waals surface area (Å²) in [5.74, 6) is -0.342. The molecule has 17 heavy (non-hydrogen) atoms. The zero-order valence-corrected chi connectivity index (χ0v) is 9.47. The Bertz CT molecular complexity index is 443. The second-order valence-electron chi connectivity index (χ2n) is 3.92. The Labute approximate surface area is 97.9 Å². The number of amides is 2. The van der Waals surface area contributed by atoms with Crippen LogP contribution in [0.25, 0.3) is 0 Å². The average molecular weight is 238 g/mol. The Morgan fingerprint density at radius 1 is 1.65 bits per heavy atom. The van der Waals surface area contributed by atoms with Gasteiger partial charge in [-0.3, -0.25) is 9.59 Å². The highest BCUT2D eigenvalue weighted by atomic mass is 16.5. The predicted octanol–water partition coefficient (Wildman–Crippen LogP) is -1.12. The van der Waals surface area contributed by atoms with Crippen molar-refractivity contribution in [2.24, 2.45) is 5.73 Å². The van der Waals surface area contributed by atoms with Crippen molar-refractivity contribution in [3.63, 3.8) is 0 Å². The van der Waals surface area contributed by atoms with Gasteiger partial charge in [0.25, 0.3) is 5.91 Å². The Morgan fingerprint density at radius 3 is 3.00 bits per heavy atom. The fourth-order valence-electron chi connectivity index (χ4n) is 1.86. The van der Waals surface area contributed by atoms with Crippen LogP contribution in [-0.4, -0.2) is 47.5 Å². The van der Waals surface area contributed by atoms with E-state index in [0.717, 1.165) is 0 Å². The normalized spacial score (nSPS) is 20.3. The number of nitrogens with two attached hydrogens (primary N) is 1. The molecule has 0 radical (unpaired) electrons. The van der Waals surface area contributed by atoms with Gasteiger partial charge in [0, 0.05) is 19.6 Å². The molecule has 1 unspecified atom stereocenters. The molecule has 1 aliphatic heterocycles. The lowest BCUT2D eigenvalue weighted by molar-refractivity contribution is -0.122. The van der Waals surface area contributed by atoms with Crippen LogP contribution in [0.2, 0.25) is 0 Å². The molecule has 1 aliphatic rings. The lowest BCUT2D eigenvalue weighted by Crippen LogP contribution is -2.58. The van der Waals surface area contributed by atoms with Crippen molar-refractivity contribution in [3.8, 4) is 0 Å². The van der Waals surface area contributed by atoms with Gasteiger partial charge in [0.15, 0.2) is 0 Å². The first-order chi connectivity index (χ1) is 8.11. The van der Waals surface area contributed by atoms with Gasteiger partial charge in [-0.05, 0) is 6.92 Å². The number of aryl methyl sites for hydroxylation is 1. The molecule has 7 nitrogen and oxygen atoms in total. The lowest BCUT2D eigenvalue weighted by atomic mass is 10.1. The van der Waals surface area contributed by atoms with Crippen molar-refractivity contribution in [1.82, 2.24) is 15.4 Å². The van der Waals surface area contributed by atoms with Crippen molar-refractivity contribution in [1.29, 1.82) is 0 Å². The van der Waals surface area contributed by atoms with Gasteiger partial charge in [-0.25, -0.2) is 0 Å². The first-order valence-corrected chi connectivity index (χ1v) is 5.33. The number of hydrogen-bond acceptors (Lipinski definition) is 5. The van der Waals surface area contributed by atoms with Crippen LogP contribution < -0.4 is 11.1 Å². The van der Waals surface area contributed by atoms with Crippen molar-refractivity contribution >= 4 is 11.8 Å². The molecule has 0 saturated carbocycles. The molecule has 2 heterocycles. The quantitative estimate of drug-likeness (QED) is 0.679. The van der Waals surface area contributed by atoms with E-state index in [2.05, 4.69) is 10.5 Å². The van der Waals surface area contributed by atoms with Gasteiger partial charge < -0.3 is 20.5 Å². The molecule has 0 aromatic carbocycles. The molecule has 0 aliphatic carbocycles. The third kappa shape index (κ3) is 2.14. The SMILES string of the molecule is Cc1oncc1C(=O)N1CCNCC1C(N)=O. The number of carbonyl (C=O) groups is 2. The second-order valence-corrected chi connectivity index (χ2v) is 3.92. The minimum Gasteiger partial charge on any atom is -0.368 e. The highest BCUT2D eigenvalue weighted by molar-refractivity contribution is 5.98. The van der Waals surface area contributed by atoms with E-state index >= 15 is 0 Å². The van der Waals surface area contributed by atoms with Crippen molar-refractivity contribution in [2.75, 3.05) is 19.6 Å². The highest BCUT2D eigenvalue weighted by Crippen LogP contribution is 2.13. The number of rotatable bonds is 2. The molecule has 92 valence electrons. The van der Waals surface area contributed by atoms with Crippen molar-refractivity contribution < 1.29 is 14.1 Å². The summed E-state index contributed by atoms with van der Waals surface area (Å²) in [5, 5.41) is 6.58. The highest BCUT2D eigenvalue weighted by Gasteiger charge is 2.32. The Morgan fingerprint density at radius 2 is 2.41 bits per heavy atom. The summed E-state index contributed by atoms with van der Waals surface area (Å²) in [4.78, 5) is 24.9. The summed E-state index contributed by atoms with van der Waals surface area (Å²) in [7, 11) is 0. The summed E-state index contributed by atoms with van der Waals surface area (Å²) < 4.78 is 4.84. The van der Waals surface area contributed by atoms with Crippen molar-refractivity contribution in [3.05, 3.63) is 17.5 Å². The zero-order chi connectivity index (χ0) is 12.4. The minimum atomic E-state index is -0.620. The van der Waals surface area contributed by atoms with E-state index in [0.29, 0.717) is 31.0 Å². The van der Waals surface area contributed by atoms with Gasteiger partial charge in [0.2, 0.25) is 5.91 Å². The van der Waals surface area contributed by atoms with Crippen LogP contribution in [0, 0.1) is 6.92 Å². The fraction of sp³-hybridized carbons (Fsp3) is 0.500. The molecule has 0 bridgehead atoms. The van der Waals surface area contributed by atoms with Crippen LogP contribution in [0.4, 0.5) is 0 Å². The van der Waals surface area contributed by atoms with Crippen molar-refractivity contribution in [2.45, 2.75) is 13.0 Å². The third-order valence-electron chi connectivity index (χ3n) is 2.81. The van der Waals surface area contributed by atoms with Gasteiger partial charge in [-0.15, -0.1) is 0 Å². The minimum absolute atomic E-state index is 0.269. The monoisotopic (exact) mass is 238 g/mol. The van der Waals surface area contributed by atoms with E-state index in [4.69, 9.17) is 10.3 Å². The van der Waals surface area contributed by atoms with Crippen LogP contribution in [0.5, 0.6) is 0 Å². The second kappa shape index (κ2) is 4.54. The Kier molecular flexibility index (Phi) is 3.10. The largest absolute Gasteiger partial charge is 0.368 e. The molecule has 2 amide bonds. The van der Waals surface area contributed by atoms with E-state index < -0.39 is 11.9 Å². The number of nitrogens with zero attached hydrogens (tertiary/aromatic N) is 2. The lowest BCUT2D eigenvalue weighted by Gasteiger charge is -2.33. The molecule has 7 heteroatoms. The smallest absolute Gasteiger partial charge is 0.259 e. The Balaban J connectivity index is 2.23. The Hall–Kier alpha value is -1.89. The summed E-state index contributed by atoms with van der Waals surface area (Å²) in [6.07, 6.45) is 1.36. The first kappa shape index (κ1) is 11.6. The van der Waals surface area contributed by atoms with Gasteiger partial charge in [0.1, 0.15) is 17.4 Å². The number of primary amides is 1. The third-order valence-corrected chi connectivity index (χ3v) is 2.81. The predicted molar refractivity (Wildman–Crippen MR) is 58.1 cm³/mol. The van der Waals surface area contributed by atoms with E-state index in [1.165, 1.54) is 11.1 Å². The van der Waals surface area contributed by atoms with E-state index in [1.807, 2.05) is 0 Å². The van der Waals surface area contributed by atoms with Crippen LogP contribution in [0.15, 0.2) is 10.7 Å². The van der Waals surface area contributed by atoms with Gasteiger partial charge >= 0.3 is 0 Å². The van der Waals surface area contributed by atoms with Crippen LogP contribution in [0.1, 0.15) is 16.1 Å². The molecular formula is C10H14N4O3. The van der Waals surface area contributed by atoms with E-state index in [9.17, 15) is 9.59 Å². The molecule has 1 fully saturated rings. The summed E-state index contributed by atoms with van der Waals surface area (Å²) in [6, 6.07) is -0.620. The molecule has 1 aromatic heterocycles. The topological polar surface area (TPSA) is 101 Å². The summed E-state index contributed by atoms with van der Waals surface area (Å²) in [5.41, 5.74) is 5.65. The number of carbonyl (C=O) groups excluding carboxylic acids is 2. The summed E-state index contributed by atoms with van der Waals surface area (Å²) in [6.45, 7) is 3.12. The molecule has 2 rings (SSSR count). The number of nitrogens with one attached hydrogen (secondary N) is 1. The molecule has 1 atom stereocenters. The van der Waals surface area contributed by atoms with Gasteiger partial charge in [-0.1, -0.05) is 5.16 Å². The maximum atomic E-state index is 12.2. The number of aromatic nitrogens is 1. The van der Waals surface area contributed by atoms with Crippen LogP contribution >= 0.6 is 0 Å². The number of piperazine rings is 1. The number of hydrogen-bond donors (Lipinski definition) is 2. The maximum absolute atomic E-state index is 12.2. The summed E-state index contributed by atoms with van der Waals surface area (Å²) >= 11 is 0. The first-order valence-electron chi connectivity index (χ1n) is 5.33.